The van der Waals surface area contributed by atoms with Crippen molar-refractivity contribution in [2.45, 2.75) is 33.3 Å². The molecule has 1 heterocycles. The van der Waals surface area contributed by atoms with Crippen molar-refractivity contribution in [2.24, 2.45) is 0 Å². The van der Waals surface area contributed by atoms with E-state index in [2.05, 4.69) is 4.74 Å². The van der Waals surface area contributed by atoms with E-state index in [9.17, 15) is 14.0 Å². The number of hydrogen-bond acceptors (Lipinski definition) is 5. The predicted octanol–water partition coefficient (Wildman–Crippen LogP) is 2.04. The minimum Gasteiger partial charge on any atom is -0.461 e. The summed E-state index contributed by atoms with van der Waals surface area (Å²) in [6.07, 6.45) is -0.567. The van der Waals surface area contributed by atoms with Gasteiger partial charge in [0.2, 0.25) is 5.83 Å². The van der Waals surface area contributed by atoms with Crippen LogP contribution in [0.4, 0.5) is 9.18 Å². The largest absolute Gasteiger partial charge is 0.461 e. The van der Waals surface area contributed by atoms with Gasteiger partial charge in [0.25, 0.3) is 0 Å². The molecule has 1 aliphatic heterocycles. The standard InChI is InChI=1S/C14H22FNO5/c1-5-20-12(17)11(15)10-8-16(6-7-19-9-10)13(18)21-14(2,3)4/h5-9H2,1-4H3. The van der Waals surface area contributed by atoms with Crippen LogP contribution in [0.3, 0.4) is 0 Å². The lowest BCUT2D eigenvalue weighted by Crippen LogP contribution is -2.38. The molecule has 1 fully saturated rings. The number of carbonyl (C=O) groups is 2. The van der Waals surface area contributed by atoms with E-state index in [0.717, 1.165) is 0 Å². The molecule has 120 valence electrons. The molecular weight excluding hydrogens is 281 g/mol. The van der Waals surface area contributed by atoms with E-state index in [1.54, 1.807) is 27.7 Å². The molecule has 0 atom stereocenters. The summed E-state index contributed by atoms with van der Waals surface area (Å²) >= 11 is 0. The molecule has 6 nitrogen and oxygen atoms in total. The first-order valence-electron chi connectivity index (χ1n) is 6.85. The van der Waals surface area contributed by atoms with Gasteiger partial charge in [-0.1, -0.05) is 0 Å². The maximum atomic E-state index is 14.0. The van der Waals surface area contributed by atoms with Crippen molar-refractivity contribution in [2.75, 3.05) is 32.9 Å². The fraction of sp³-hybridized carbons (Fsp3) is 0.714. The van der Waals surface area contributed by atoms with Crippen LogP contribution in [-0.4, -0.2) is 55.5 Å². The molecule has 0 aromatic rings. The van der Waals surface area contributed by atoms with Crippen LogP contribution < -0.4 is 0 Å². The molecular formula is C14H22FNO5. The summed E-state index contributed by atoms with van der Waals surface area (Å²) in [7, 11) is 0. The molecule has 0 aromatic carbocycles. The molecule has 0 radical (unpaired) electrons. The second kappa shape index (κ2) is 7.40. The van der Waals surface area contributed by atoms with Crippen LogP contribution >= 0.6 is 0 Å². The molecule has 7 heteroatoms. The summed E-state index contributed by atoms with van der Waals surface area (Å²) in [5.74, 6) is -2.05. The number of rotatable bonds is 2. The number of nitrogens with zero attached hydrogens (tertiary/aromatic N) is 1. The summed E-state index contributed by atoms with van der Waals surface area (Å²) in [4.78, 5) is 24.7. The minimum absolute atomic E-state index is 0.0516. The van der Waals surface area contributed by atoms with Gasteiger partial charge in [0.15, 0.2) is 0 Å². The van der Waals surface area contributed by atoms with Gasteiger partial charge in [-0.25, -0.2) is 9.59 Å². The minimum atomic E-state index is -1.04. The SMILES string of the molecule is CCOC(=O)C(F)=C1COCCN(C(=O)OC(C)(C)C)C1. The lowest BCUT2D eigenvalue weighted by molar-refractivity contribution is -0.140. The van der Waals surface area contributed by atoms with Crippen molar-refractivity contribution < 1.29 is 28.2 Å². The molecule has 1 rings (SSSR count). The Kier molecular flexibility index (Phi) is 6.14. The zero-order valence-electron chi connectivity index (χ0n) is 12.9. The van der Waals surface area contributed by atoms with Crippen LogP contribution in [0.2, 0.25) is 0 Å². The van der Waals surface area contributed by atoms with E-state index in [-0.39, 0.29) is 38.5 Å². The summed E-state index contributed by atoms with van der Waals surface area (Å²) in [6.45, 7) is 7.32. The van der Waals surface area contributed by atoms with Gasteiger partial charge in [0, 0.05) is 12.1 Å². The quantitative estimate of drug-likeness (QED) is 0.577. The highest BCUT2D eigenvalue weighted by Gasteiger charge is 2.27. The third-order valence-electron chi connectivity index (χ3n) is 2.58. The Morgan fingerprint density at radius 2 is 2.05 bits per heavy atom. The van der Waals surface area contributed by atoms with Gasteiger partial charge in [-0.15, -0.1) is 0 Å². The molecule has 0 saturated carbocycles. The van der Waals surface area contributed by atoms with E-state index >= 15 is 0 Å². The summed E-state index contributed by atoms with van der Waals surface area (Å²) in [6, 6.07) is 0. The average molecular weight is 303 g/mol. The van der Waals surface area contributed by atoms with Crippen LogP contribution in [-0.2, 0) is 19.0 Å². The first-order chi connectivity index (χ1) is 9.74. The molecule has 0 bridgehead atoms. The van der Waals surface area contributed by atoms with Crippen LogP contribution in [0, 0.1) is 0 Å². The normalized spacial score (nSPS) is 18.8. The molecule has 0 N–H and O–H groups in total. The molecule has 0 aromatic heterocycles. The highest BCUT2D eigenvalue weighted by atomic mass is 19.1. The maximum absolute atomic E-state index is 14.0. The van der Waals surface area contributed by atoms with E-state index in [1.807, 2.05) is 0 Å². The fourth-order valence-electron chi connectivity index (χ4n) is 1.68. The van der Waals surface area contributed by atoms with Crippen molar-refractivity contribution in [3.8, 4) is 0 Å². The number of amides is 1. The number of ether oxygens (including phenoxy) is 3. The van der Waals surface area contributed by atoms with Crippen molar-refractivity contribution in [1.29, 1.82) is 0 Å². The van der Waals surface area contributed by atoms with Crippen LogP contribution in [0.5, 0.6) is 0 Å². The van der Waals surface area contributed by atoms with E-state index in [0.29, 0.717) is 0 Å². The lowest BCUT2D eigenvalue weighted by Gasteiger charge is -2.26. The van der Waals surface area contributed by atoms with Crippen molar-refractivity contribution in [3.63, 3.8) is 0 Å². The Morgan fingerprint density at radius 3 is 2.62 bits per heavy atom. The highest BCUT2D eigenvalue weighted by Crippen LogP contribution is 2.17. The first-order valence-corrected chi connectivity index (χ1v) is 6.85. The molecule has 1 aliphatic rings. The summed E-state index contributed by atoms with van der Waals surface area (Å²) < 4.78 is 29.0. The van der Waals surface area contributed by atoms with Crippen LogP contribution in [0.25, 0.3) is 0 Å². The zero-order valence-corrected chi connectivity index (χ0v) is 12.9. The van der Waals surface area contributed by atoms with E-state index < -0.39 is 23.5 Å². The third-order valence-corrected chi connectivity index (χ3v) is 2.58. The molecule has 21 heavy (non-hydrogen) atoms. The molecule has 0 spiro atoms. The van der Waals surface area contributed by atoms with Gasteiger partial charge in [0.05, 0.1) is 26.4 Å². The average Bonchev–Trinajstić information content (AvgIpc) is 2.61. The molecule has 0 aliphatic carbocycles. The van der Waals surface area contributed by atoms with E-state index in [4.69, 9.17) is 9.47 Å². The number of halogens is 1. The zero-order chi connectivity index (χ0) is 16.0. The number of carbonyl (C=O) groups excluding carboxylic acids is 2. The first kappa shape index (κ1) is 17.4. The molecule has 1 amide bonds. The smallest absolute Gasteiger partial charge is 0.410 e. The maximum Gasteiger partial charge on any atom is 0.410 e. The van der Waals surface area contributed by atoms with Crippen LogP contribution in [0.1, 0.15) is 27.7 Å². The Hall–Kier alpha value is -1.63. The van der Waals surface area contributed by atoms with Gasteiger partial charge in [-0.05, 0) is 27.7 Å². The Bertz CT molecular complexity index is 428. The Morgan fingerprint density at radius 1 is 1.38 bits per heavy atom. The number of esters is 1. The predicted molar refractivity (Wildman–Crippen MR) is 73.4 cm³/mol. The van der Waals surface area contributed by atoms with Gasteiger partial charge in [0.1, 0.15) is 5.60 Å². The Balaban J connectivity index is 2.83. The molecule has 0 unspecified atom stereocenters. The Labute approximate surface area is 123 Å². The van der Waals surface area contributed by atoms with Gasteiger partial charge < -0.3 is 19.1 Å². The number of hydrogen-bond donors (Lipinski definition) is 0. The highest BCUT2D eigenvalue weighted by molar-refractivity contribution is 5.87. The van der Waals surface area contributed by atoms with Crippen molar-refractivity contribution >= 4 is 12.1 Å². The topological polar surface area (TPSA) is 65.1 Å². The van der Waals surface area contributed by atoms with Gasteiger partial charge in [-0.3, -0.25) is 0 Å². The van der Waals surface area contributed by atoms with E-state index in [1.165, 1.54) is 4.90 Å². The summed E-state index contributed by atoms with van der Waals surface area (Å²) in [5, 5.41) is 0. The lowest BCUT2D eigenvalue weighted by atomic mass is 10.2. The van der Waals surface area contributed by atoms with Crippen molar-refractivity contribution in [1.82, 2.24) is 4.90 Å². The van der Waals surface area contributed by atoms with Gasteiger partial charge in [-0.2, -0.15) is 4.39 Å². The fourth-order valence-corrected chi connectivity index (χ4v) is 1.68. The van der Waals surface area contributed by atoms with Crippen LogP contribution in [0.15, 0.2) is 11.4 Å². The van der Waals surface area contributed by atoms with Gasteiger partial charge >= 0.3 is 12.1 Å². The second-order valence-electron chi connectivity index (χ2n) is 5.59. The van der Waals surface area contributed by atoms with Crippen molar-refractivity contribution in [3.05, 3.63) is 11.4 Å². The molecule has 1 saturated heterocycles. The summed E-state index contributed by atoms with van der Waals surface area (Å²) in [5.41, 5.74) is -0.565. The second-order valence-corrected chi connectivity index (χ2v) is 5.59. The monoisotopic (exact) mass is 303 g/mol. The third kappa shape index (κ3) is 5.71.